The van der Waals surface area contributed by atoms with Crippen LogP contribution in [0.2, 0.25) is 0 Å². The van der Waals surface area contributed by atoms with E-state index in [2.05, 4.69) is 10.3 Å². The number of thioether (sulfide) groups is 1. The van der Waals surface area contributed by atoms with Gasteiger partial charge in [0.25, 0.3) is 5.56 Å². The van der Waals surface area contributed by atoms with Crippen molar-refractivity contribution in [3.8, 4) is 11.5 Å². The van der Waals surface area contributed by atoms with E-state index in [9.17, 15) is 24.0 Å². The number of aromatic nitrogens is 3. The van der Waals surface area contributed by atoms with Gasteiger partial charge in [0, 0.05) is 32.0 Å². The van der Waals surface area contributed by atoms with Gasteiger partial charge in [0.1, 0.15) is 16.4 Å². The molecule has 0 fully saturated rings. The number of nitrogens with zero attached hydrogens (tertiary/aromatic N) is 3. The SMILES string of the molecule is C[C@@H](OC(=O)c1cccnc1SCC(=O)Nc1ccc2c(c1)OCO2)C(=O)c1c(N)n(C)c(=O)n(C)c1=O. The number of nitrogen functional groups attached to an aromatic ring is 1. The molecule has 38 heavy (non-hydrogen) atoms. The van der Waals surface area contributed by atoms with Crippen molar-refractivity contribution in [2.45, 2.75) is 18.1 Å². The zero-order valence-electron chi connectivity index (χ0n) is 20.5. The van der Waals surface area contributed by atoms with Crippen molar-refractivity contribution in [1.29, 1.82) is 0 Å². The second-order valence-corrected chi connectivity index (χ2v) is 9.10. The zero-order chi connectivity index (χ0) is 27.6. The average Bonchev–Trinajstić information content (AvgIpc) is 3.37. The molecule has 0 saturated heterocycles. The van der Waals surface area contributed by atoms with Crippen LogP contribution in [0.3, 0.4) is 0 Å². The number of benzene rings is 1. The average molecular weight is 542 g/mol. The van der Waals surface area contributed by atoms with E-state index < -0.39 is 34.7 Å². The number of anilines is 2. The first-order chi connectivity index (χ1) is 18.1. The van der Waals surface area contributed by atoms with Crippen LogP contribution in [0.4, 0.5) is 11.5 Å². The number of nitrogens with two attached hydrogens (primary N) is 1. The van der Waals surface area contributed by atoms with Crippen molar-refractivity contribution in [2.75, 3.05) is 23.6 Å². The molecular weight excluding hydrogens is 518 g/mol. The van der Waals surface area contributed by atoms with Crippen LogP contribution < -0.4 is 31.8 Å². The maximum atomic E-state index is 12.9. The lowest BCUT2D eigenvalue weighted by Crippen LogP contribution is -2.43. The second kappa shape index (κ2) is 10.8. The van der Waals surface area contributed by atoms with Gasteiger partial charge in [-0.15, -0.1) is 0 Å². The Kier molecular flexibility index (Phi) is 7.52. The molecule has 1 atom stereocenters. The van der Waals surface area contributed by atoms with Crippen molar-refractivity contribution >= 4 is 40.9 Å². The lowest BCUT2D eigenvalue weighted by Gasteiger charge is -2.16. The Bertz CT molecular complexity index is 1560. The van der Waals surface area contributed by atoms with E-state index in [0.717, 1.165) is 20.9 Å². The summed E-state index contributed by atoms with van der Waals surface area (Å²) in [6.45, 7) is 1.40. The number of carbonyl (C=O) groups excluding carboxylic acids is 3. The third-order valence-corrected chi connectivity index (χ3v) is 6.60. The maximum Gasteiger partial charge on any atom is 0.341 e. The van der Waals surface area contributed by atoms with Gasteiger partial charge in [0.2, 0.25) is 18.5 Å². The number of nitrogens with one attached hydrogen (secondary N) is 1. The summed E-state index contributed by atoms with van der Waals surface area (Å²) in [5.41, 5.74) is 4.30. The van der Waals surface area contributed by atoms with E-state index >= 15 is 0 Å². The number of hydrogen-bond acceptors (Lipinski definition) is 11. The highest BCUT2D eigenvalue weighted by Crippen LogP contribution is 2.34. The van der Waals surface area contributed by atoms with Gasteiger partial charge in [-0.25, -0.2) is 14.6 Å². The van der Waals surface area contributed by atoms with E-state index in [1.54, 1.807) is 18.2 Å². The molecule has 0 unspecified atom stereocenters. The molecule has 14 heteroatoms. The van der Waals surface area contributed by atoms with Gasteiger partial charge in [-0.1, -0.05) is 11.8 Å². The molecule has 2 aromatic heterocycles. The lowest BCUT2D eigenvalue weighted by molar-refractivity contribution is -0.113. The Hall–Kier alpha value is -4.59. The van der Waals surface area contributed by atoms with Crippen LogP contribution in [-0.4, -0.2) is 50.4 Å². The Morgan fingerprint density at radius 1 is 1.16 bits per heavy atom. The minimum atomic E-state index is -1.40. The summed E-state index contributed by atoms with van der Waals surface area (Å²) in [7, 11) is 2.52. The Morgan fingerprint density at radius 3 is 2.66 bits per heavy atom. The van der Waals surface area contributed by atoms with Gasteiger partial charge in [-0.2, -0.15) is 0 Å². The molecule has 3 N–H and O–H groups in total. The Balaban J connectivity index is 1.43. The van der Waals surface area contributed by atoms with Crippen LogP contribution in [-0.2, 0) is 23.6 Å². The fourth-order valence-corrected chi connectivity index (χ4v) is 4.32. The molecule has 0 aliphatic carbocycles. The number of hydrogen-bond donors (Lipinski definition) is 2. The van der Waals surface area contributed by atoms with E-state index in [1.165, 1.54) is 39.3 Å². The molecule has 1 amide bonds. The summed E-state index contributed by atoms with van der Waals surface area (Å²) in [5.74, 6) is -1.43. The van der Waals surface area contributed by atoms with Gasteiger partial charge in [0.05, 0.1) is 11.3 Å². The predicted octanol–water partition coefficient (Wildman–Crippen LogP) is 0.949. The second-order valence-electron chi connectivity index (χ2n) is 8.14. The highest BCUT2D eigenvalue weighted by atomic mass is 32.2. The summed E-state index contributed by atoms with van der Waals surface area (Å²) >= 11 is 0.994. The number of esters is 1. The molecular formula is C24H23N5O8S. The normalized spacial score (nSPS) is 12.6. The predicted molar refractivity (Wildman–Crippen MR) is 137 cm³/mol. The van der Waals surface area contributed by atoms with Crippen LogP contribution in [0.25, 0.3) is 0 Å². The van der Waals surface area contributed by atoms with E-state index in [1.807, 2.05) is 0 Å². The molecule has 198 valence electrons. The van der Waals surface area contributed by atoms with Crippen molar-refractivity contribution in [2.24, 2.45) is 14.1 Å². The number of amides is 1. The highest BCUT2D eigenvalue weighted by Gasteiger charge is 2.28. The minimum absolute atomic E-state index is 0.0226. The first kappa shape index (κ1) is 26.5. The smallest absolute Gasteiger partial charge is 0.341 e. The molecule has 1 aliphatic heterocycles. The molecule has 13 nitrogen and oxygen atoms in total. The molecule has 3 aromatic rings. The molecule has 0 bridgehead atoms. The van der Waals surface area contributed by atoms with Gasteiger partial charge in [-0.05, 0) is 31.2 Å². The molecule has 0 saturated carbocycles. The van der Waals surface area contributed by atoms with Crippen LogP contribution in [0.5, 0.6) is 11.5 Å². The fourth-order valence-electron chi connectivity index (χ4n) is 3.54. The van der Waals surface area contributed by atoms with Crippen molar-refractivity contribution < 1.29 is 28.6 Å². The maximum absolute atomic E-state index is 12.9. The lowest BCUT2D eigenvalue weighted by atomic mass is 10.1. The molecule has 1 aliphatic rings. The third-order valence-electron chi connectivity index (χ3n) is 5.60. The van der Waals surface area contributed by atoms with E-state index in [-0.39, 0.29) is 34.9 Å². The number of rotatable bonds is 8. The fraction of sp³-hybridized carbons (Fsp3) is 0.250. The summed E-state index contributed by atoms with van der Waals surface area (Å²) < 4.78 is 17.5. The number of ether oxygens (including phenoxy) is 3. The zero-order valence-corrected chi connectivity index (χ0v) is 21.4. The standard InChI is InChI=1S/C24H23N5O8S/c1-12(19(31)18-20(25)28(2)24(34)29(3)22(18)32)37-23(33)14-5-4-8-26-21(14)38-10-17(30)27-13-6-7-15-16(9-13)36-11-35-15/h4-9,12H,10-11,25H2,1-3H3,(H,27,30)/t12-/m1/s1. The Labute approximate surface area is 219 Å². The van der Waals surface area contributed by atoms with E-state index in [4.69, 9.17) is 19.9 Å². The molecule has 4 rings (SSSR count). The molecule has 1 aromatic carbocycles. The molecule has 3 heterocycles. The minimum Gasteiger partial charge on any atom is -0.454 e. The monoisotopic (exact) mass is 541 g/mol. The van der Waals surface area contributed by atoms with Crippen LogP contribution in [0.1, 0.15) is 27.6 Å². The van der Waals surface area contributed by atoms with Gasteiger partial charge >= 0.3 is 11.7 Å². The highest BCUT2D eigenvalue weighted by molar-refractivity contribution is 8.00. The third kappa shape index (κ3) is 5.25. The number of carbonyl (C=O) groups is 3. The van der Waals surface area contributed by atoms with Crippen molar-refractivity contribution in [3.05, 3.63) is 68.5 Å². The quantitative estimate of drug-likeness (QED) is 0.236. The van der Waals surface area contributed by atoms with Crippen molar-refractivity contribution in [3.63, 3.8) is 0 Å². The Morgan fingerprint density at radius 2 is 1.89 bits per heavy atom. The summed E-state index contributed by atoms with van der Waals surface area (Å²) in [6, 6.07) is 7.92. The van der Waals surface area contributed by atoms with Gasteiger partial charge < -0.3 is 25.3 Å². The summed E-state index contributed by atoms with van der Waals surface area (Å²) in [4.78, 5) is 67.0. The van der Waals surface area contributed by atoms with Crippen LogP contribution in [0, 0.1) is 0 Å². The number of Topliss-reactive ketones (excluding diaryl/α,β-unsaturated/α-hetero) is 1. The van der Waals surface area contributed by atoms with Crippen LogP contribution in [0.15, 0.2) is 51.1 Å². The largest absolute Gasteiger partial charge is 0.454 e. The number of pyridine rings is 1. The first-order valence-corrected chi connectivity index (χ1v) is 12.1. The topological polar surface area (TPSA) is 174 Å². The van der Waals surface area contributed by atoms with E-state index in [0.29, 0.717) is 17.2 Å². The summed E-state index contributed by atoms with van der Waals surface area (Å²) in [6.07, 6.45) is 0.0422. The number of fused-ring (bicyclic) bond motifs is 1. The van der Waals surface area contributed by atoms with Crippen LogP contribution >= 0.6 is 11.8 Å². The summed E-state index contributed by atoms with van der Waals surface area (Å²) in [5, 5.41) is 2.93. The van der Waals surface area contributed by atoms with Gasteiger partial charge in [0.15, 0.2) is 17.6 Å². The number of ketones is 1. The molecule has 0 radical (unpaired) electrons. The first-order valence-electron chi connectivity index (χ1n) is 11.2. The molecule has 0 spiro atoms. The van der Waals surface area contributed by atoms with Gasteiger partial charge in [-0.3, -0.25) is 23.5 Å². The van der Waals surface area contributed by atoms with Crippen molar-refractivity contribution in [1.82, 2.24) is 14.1 Å².